The molecule has 15 heavy (non-hydrogen) atoms. The molecule has 0 rings (SSSR count). The van der Waals surface area contributed by atoms with Gasteiger partial charge in [0.15, 0.2) is 6.10 Å². The maximum absolute atomic E-state index is 11.0. The van der Waals surface area contributed by atoms with Crippen LogP contribution >= 0.6 is 0 Å². The molecule has 0 aromatic heterocycles. The summed E-state index contributed by atoms with van der Waals surface area (Å²) < 4.78 is 9.09. The Hall–Kier alpha value is -1.62. The van der Waals surface area contributed by atoms with Gasteiger partial charge in [-0.05, 0) is 0 Å². The normalized spacial score (nSPS) is 11.3. The molecule has 5 nitrogen and oxygen atoms in total. The van der Waals surface area contributed by atoms with Crippen LogP contribution in [0.3, 0.4) is 0 Å². The number of ether oxygens (including phenoxy) is 2. The predicted octanol–water partition coefficient (Wildman–Crippen LogP) is 0.196. The third-order valence-corrected chi connectivity index (χ3v) is 1.34. The predicted molar refractivity (Wildman–Crippen MR) is 52.9 cm³/mol. The van der Waals surface area contributed by atoms with E-state index in [4.69, 9.17) is 0 Å². The Morgan fingerprint density at radius 2 is 1.73 bits per heavy atom. The Kier molecular flexibility index (Phi) is 6.92. The average molecular weight is 214 g/mol. The monoisotopic (exact) mass is 214 g/mol. The summed E-state index contributed by atoms with van der Waals surface area (Å²) in [4.78, 5) is 21.9. The second-order valence-electron chi connectivity index (χ2n) is 2.61. The maximum atomic E-state index is 11.0. The van der Waals surface area contributed by atoms with Gasteiger partial charge in [-0.3, -0.25) is 4.79 Å². The topological polar surface area (TPSA) is 72.8 Å². The molecule has 0 saturated carbocycles. The standard InChI is InChI=1S/C10H14O5/c1-3-5-14-9(12)7-8(11)10(13)15-6-4-2/h3-4,8,11H,1-2,5-7H2/t8-/m0/s1. The highest BCUT2D eigenvalue weighted by Gasteiger charge is 2.20. The van der Waals surface area contributed by atoms with Gasteiger partial charge in [0.1, 0.15) is 13.2 Å². The molecule has 0 aliphatic carbocycles. The number of carbonyl (C=O) groups excluding carboxylic acids is 2. The van der Waals surface area contributed by atoms with E-state index < -0.39 is 24.5 Å². The zero-order valence-corrected chi connectivity index (χ0v) is 8.35. The first kappa shape index (κ1) is 13.4. The lowest BCUT2D eigenvalue weighted by molar-refractivity contribution is -0.158. The summed E-state index contributed by atoms with van der Waals surface area (Å²) in [6.07, 6.45) is 0.826. The molecule has 0 unspecified atom stereocenters. The van der Waals surface area contributed by atoms with Crippen LogP contribution in [0, 0.1) is 0 Å². The summed E-state index contributed by atoms with van der Waals surface area (Å²) in [7, 11) is 0. The van der Waals surface area contributed by atoms with Crippen LogP contribution in [0.1, 0.15) is 6.42 Å². The van der Waals surface area contributed by atoms with E-state index in [1.807, 2.05) is 0 Å². The summed E-state index contributed by atoms with van der Waals surface area (Å²) in [5.41, 5.74) is 0. The molecule has 1 N–H and O–H groups in total. The summed E-state index contributed by atoms with van der Waals surface area (Å²) in [6.45, 7) is 6.72. The fraction of sp³-hybridized carbons (Fsp3) is 0.400. The Labute approximate surface area is 88.0 Å². The van der Waals surface area contributed by atoms with E-state index in [0.717, 1.165) is 0 Å². The quantitative estimate of drug-likeness (QED) is 0.484. The average Bonchev–Trinajstić information content (AvgIpc) is 2.22. The Morgan fingerprint density at radius 1 is 1.20 bits per heavy atom. The van der Waals surface area contributed by atoms with Crippen molar-refractivity contribution in [1.82, 2.24) is 0 Å². The first-order valence-corrected chi connectivity index (χ1v) is 4.34. The molecule has 0 saturated heterocycles. The molecule has 0 fully saturated rings. The minimum Gasteiger partial charge on any atom is -0.461 e. The van der Waals surface area contributed by atoms with Crippen LogP contribution in [0.15, 0.2) is 25.3 Å². The molecule has 84 valence electrons. The third-order valence-electron chi connectivity index (χ3n) is 1.34. The number of carbonyl (C=O) groups is 2. The van der Waals surface area contributed by atoms with Crippen LogP contribution < -0.4 is 0 Å². The number of rotatable bonds is 7. The molecular formula is C10H14O5. The molecule has 5 heteroatoms. The second kappa shape index (κ2) is 7.75. The van der Waals surface area contributed by atoms with Gasteiger partial charge in [-0.15, -0.1) is 0 Å². The van der Waals surface area contributed by atoms with Crippen molar-refractivity contribution in [2.24, 2.45) is 0 Å². The zero-order chi connectivity index (χ0) is 11.7. The Balaban J connectivity index is 3.84. The van der Waals surface area contributed by atoms with Gasteiger partial charge in [0.05, 0.1) is 6.42 Å². The van der Waals surface area contributed by atoms with Gasteiger partial charge in [-0.1, -0.05) is 25.3 Å². The third kappa shape index (κ3) is 6.45. The van der Waals surface area contributed by atoms with Crippen LogP contribution in [-0.2, 0) is 19.1 Å². The van der Waals surface area contributed by atoms with Crippen LogP contribution in [0.5, 0.6) is 0 Å². The van der Waals surface area contributed by atoms with Crippen LogP contribution in [0.2, 0.25) is 0 Å². The molecule has 0 heterocycles. The minimum absolute atomic E-state index is 0.00238. The van der Waals surface area contributed by atoms with E-state index in [1.54, 1.807) is 0 Å². The van der Waals surface area contributed by atoms with Crippen LogP contribution in [0.4, 0.5) is 0 Å². The van der Waals surface area contributed by atoms with Crippen molar-refractivity contribution in [1.29, 1.82) is 0 Å². The number of aliphatic hydroxyl groups excluding tert-OH is 1. The van der Waals surface area contributed by atoms with Crippen molar-refractivity contribution in [2.45, 2.75) is 12.5 Å². The molecule has 0 spiro atoms. The van der Waals surface area contributed by atoms with Gasteiger partial charge in [0.2, 0.25) is 0 Å². The first-order chi connectivity index (χ1) is 7.11. The lowest BCUT2D eigenvalue weighted by atomic mass is 10.2. The van der Waals surface area contributed by atoms with E-state index >= 15 is 0 Å². The zero-order valence-electron chi connectivity index (χ0n) is 8.35. The van der Waals surface area contributed by atoms with E-state index in [0.29, 0.717) is 0 Å². The van der Waals surface area contributed by atoms with Crippen molar-refractivity contribution >= 4 is 11.9 Å². The lowest BCUT2D eigenvalue weighted by Gasteiger charge is -2.08. The van der Waals surface area contributed by atoms with Crippen molar-refractivity contribution < 1.29 is 24.2 Å². The SMILES string of the molecule is C=CCOC(=O)C[C@H](O)C(=O)OCC=C. The highest BCUT2D eigenvalue weighted by molar-refractivity contribution is 5.81. The van der Waals surface area contributed by atoms with Gasteiger partial charge in [0.25, 0.3) is 0 Å². The number of hydrogen-bond acceptors (Lipinski definition) is 5. The molecule has 0 radical (unpaired) electrons. The summed E-state index contributed by atoms with van der Waals surface area (Å²) in [5.74, 6) is -1.55. The van der Waals surface area contributed by atoms with Crippen molar-refractivity contribution in [3.8, 4) is 0 Å². The van der Waals surface area contributed by atoms with E-state index in [2.05, 4.69) is 22.6 Å². The molecular weight excluding hydrogens is 200 g/mol. The lowest BCUT2D eigenvalue weighted by Crippen LogP contribution is -2.26. The van der Waals surface area contributed by atoms with Gasteiger partial charge < -0.3 is 14.6 Å². The van der Waals surface area contributed by atoms with E-state index in [1.165, 1.54) is 12.2 Å². The van der Waals surface area contributed by atoms with Crippen LogP contribution in [0.25, 0.3) is 0 Å². The van der Waals surface area contributed by atoms with Crippen LogP contribution in [-0.4, -0.2) is 36.4 Å². The highest BCUT2D eigenvalue weighted by Crippen LogP contribution is 1.98. The molecule has 0 amide bonds. The Bertz CT molecular complexity index is 246. The van der Waals surface area contributed by atoms with E-state index in [-0.39, 0.29) is 13.2 Å². The maximum Gasteiger partial charge on any atom is 0.335 e. The molecule has 0 aliphatic heterocycles. The molecule has 0 aliphatic rings. The number of aliphatic hydroxyl groups is 1. The molecule has 0 aromatic carbocycles. The largest absolute Gasteiger partial charge is 0.461 e. The number of esters is 2. The summed E-state index contributed by atoms with van der Waals surface area (Å²) >= 11 is 0. The molecule has 1 atom stereocenters. The number of hydrogen-bond donors (Lipinski definition) is 1. The van der Waals surface area contributed by atoms with Crippen molar-refractivity contribution in [2.75, 3.05) is 13.2 Å². The fourth-order valence-corrected chi connectivity index (χ4v) is 0.689. The van der Waals surface area contributed by atoms with Gasteiger partial charge in [-0.2, -0.15) is 0 Å². The van der Waals surface area contributed by atoms with Crippen molar-refractivity contribution in [3.63, 3.8) is 0 Å². The highest BCUT2D eigenvalue weighted by atomic mass is 16.6. The van der Waals surface area contributed by atoms with Crippen molar-refractivity contribution in [3.05, 3.63) is 25.3 Å². The van der Waals surface area contributed by atoms with Gasteiger partial charge >= 0.3 is 11.9 Å². The summed E-state index contributed by atoms with van der Waals surface area (Å²) in [5, 5.41) is 9.18. The smallest absolute Gasteiger partial charge is 0.335 e. The van der Waals surface area contributed by atoms with E-state index in [9.17, 15) is 14.7 Å². The van der Waals surface area contributed by atoms with Gasteiger partial charge in [0, 0.05) is 0 Å². The molecule has 0 bridgehead atoms. The second-order valence-corrected chi connectivity index (χ2v) is 2.61. The fourth-order valence-electron chi connectivity index (χ4n) is 0.689. The minimum atomic E-state index is -1.50. The first-order valence-electron chi connectivity index (χ1n) is 4.34. The summed E-state index contributed by atoms with van der Waals surface area (Å²) in [6, 6.07) is 0. The Morgan fingerprint density at radius 3 is 2.27 bits per heavy atom. The van der Waals surface area contributed by atoms with Gasteiger partial charge in [-0.25, -0.2) is 4.79 Å². The molecule has 0 aromatic rings.